The molecule has 0 aliphatic carbocycles. The zero-order chi connectivity index (χ0) is 21.6. The van der Waals surface area contributed by atoms with E-state index >= 15 is 0 Å². The summed E-state index contributed by atoms with van der Waals surface area (Å²) in [6.07, 6.45) is -4.42. The Labute approximate surface area is 178 Å². The van der Waals surface area contributed by atoms with Crippen LogP contribution < -0.4 is 10.6 Å². The number of guanidine groups is 1. The number of aryl methyl sites for hydroxylation is 1. The molecule has 0 saturated carbocycles. The number of nitrogens with one attached hydrogen (secondary N) is 2. The highest BCUT2D eigenvalue weighted by molar-refractivity contribution is 7.09. The highest BCUT2D eigenvalue weighted by atomic mass is 32.1. The fourth-order valence-corrected chi connectivity index (χ4v) is 3.97. The van der Waals surface area contributed by atoms with Crippen LogP contribution in [0.3, 0.4) is 0 Å². The molecule has 1 fully saturated rings. The van der Waals surface area contributed by atoms with Crippen molar-refractivity contribution in [3.05, 3.63) is 51.5 Å². The van der Waals surface area contributed by atoms with E-state index in [4.69, 9.17) is 4.74 Å². The number of ether oxygens (including phenoxy) is 1. The summed E-state index contributed by atoms with van der Waals surface area (Å²) in [6, 6.07) is 8.57. The lowest BCUT2D eigenvalue weighted by Crippen LogP contribution is -2.46. The zero-order valence-corrected chi connectivity index (χ0v) is 17.8. The Hall–Kier alpha value is -2.17. The van der Waals surface area contributed by atoms with Gasteiger partial charge in [0.2, 0.25) is 0 Å². The molecule has 1 saturated heterocycles. The second-order valence-electron chi connectivity index (χ2n) is 7.01. The minimum absolute atomic E-state index is 0.129. The van der Waals surface area contributed by atoms with Crippen LogP contribution in [0.25, 0.3) is 0 Å². The Bertz CT molecular complexity index is 832. The quantitative estimate of drug-likeness (QED) is 0.533. The number of hydrogen-bond donors (Lipinski definition) is 2. The van der Waals surface area contributed by atoms with Crippen molar-refractivity contribution in [2.45, 2.75) is 25.7 Å². The minimum atomic E-state index is -4.42. The van der Waals surface area contributed by atoms with Gasteiger partial charge in [-0.05, 0) is 12.5 Å². The normalized spacial score (nSPS) is 17.0. The SMILES string of the molecule is CN=C(NCc1nc(C(F)(F)F)cs1)NCC(c1ccc(C)cc1)N1CCOCC1. The number of thiazole rings is 1. The number of nitrogens with zero attached hydrogens (tertiary/aromatic N) is 3. The summed E-state index contributed by atoms with van der Waals surface area (Å²) in [5.41, 5.74) is 1.53. The first kappa shape index (κ1) is 22.5. The Morgan fingerprint density at radius 2 is 1.93 bits per heavy atom. The van der Waals surface area contributed by atoms with Crippen LogP contribution in [0.5, 0.6) is 0 Å². The fraction of sp³-hybridized carbons (Fsp3) is 0.500. The standard InChI is InChI=1S/C20H26F3N5OS/c1-14-3-5-15(6-4-14)16(28-7-9-29-10-8-28)11-25-19(24-2)26-12-18-27-17(13-30-18)20(21,22)23/h3-6,13,16H,7-12H2,1-2H3,(H2,24,25,26). The van der Waals surface area contributed by atoms with Crippen LogP contribution in [0.2, 0.25) is 0 Å². The number of halogens is 3. The molecule has 0 spiro atoms. The van der Waals surface area contributed by atoms with Crippen molar-refractivity contribution in [3.8, 4) is 0 Å². The van der Waals surface area contributed by atoms with Gasteiger partial charge < -0.3 is 15.4 Å². The van der Waals surface area contributed by atoms with E-state index in [0.717, 1.165) is 29.8 Å². The molecule has 1 unspecified atom stereocenters. The second kappa shape index (κ2) is 10.2. The first-order valence-electron chi connectivity index (χ1n) is 9.71. The summed E-state index contributed by atoms with van der Waals surface area (Å²) in [4.78, 5) is 10.2. The molecule has 2 heterocycles. The van der Waals surface area contributed by atoms with Gasteiger partial charge >= 0.3 is 6.18 Å². The monoisotopic (exact) mass is 441 g/mol. The van der Waals surface area contributed by atoms with Gasteiger partial charge in [-0.15, -0.1) is 11.3 Å². The van der Waals surface area contributed by atoms with Gasteiger partial charge in [-0.25, -0.2) is 4.98 Å². The smallest absolute Gasteiger partial charge is 0.379 e. The molecular formula is C20H26F3N5OS. The topological polar surface area (TPSA) is 61.8 Å². The molecule has 0 radical (unpaired) electrons. The summed E-state index contributed by atoms with van der Waals surface area (Å²) >= 11 is 0.976. The lowest BCUT2D eigenvalue weighted by Gasteiger charge is -2.35. The maximum absolute atomic E-state index is 12.7. The van der Waals surface area contributed by atoms with E-state index < -0.39 is 11.9 Å². The number of hydrogen-bond acceptors (Lipinski definition) is 5. The third-order valence-electron chi connectivity index (χ3n) is 4.88. The summed E-state index contributed by atoms with van der Waals surface area (Å²) in [5.74, 6) is 0.518. The highest BCUT2D eigenvalue weighted by Crippen LogP contribution is 2.30. The molecule has 10 heteroatoms. The van der Waals surface area contributed by atoms with Crippen molar-refractivity contribution in [1.29, 1.82) is 0 Å². The Kier molecular flexibility index (Phi) is 7.68. The molecule has 30 heavy (non-hydrogen) atoms. The van der Waals surface area contributed by atoms with E-state index in [1.54, 1.807) is 7.05 Å². The molecule has 1 aliphatic rings. The van der Waals surface area contributed by atoms with Gasteiger partial charge in [0, 0.05) is 32.1 Å². The Balaban J connectivity index is 1.61. The molecular weight excluding hydrogens is 415 g/mol. The van der Waals surface area contributed by atoms with Crippen molar-refractivity contribution < 1.29 is 17.9 Å². The van der Waals surface area contributed by atoms with Crippen molar-refractivity contribution in [2.24, 2.45) is 4.99 Å². The predicted octanol–water partition coefficient (Wildman–Crippen LogP) is 3.21. The van der Waals surface area contributed by atoms with Gasteiger partial charge in [0.25, 0.3) is 0 Å². The average Bonchev–Trinajstić information content (AvgIpc) is 3.22. The Morgan fingerprint density at radius 1 is 1.23 bits per heavy atom. The summed E-state index contributed by atoms with van der Waals surface area (Å²) < 4.78 is 43.6. The molecule has 1 atom stereocenters. The van der Waals surface area contributed by atoms with E-state index in [1.165, 1.54) is 11.1 Å². The van der Waals surface area contributed by atoms with Gasteiger partial charge in [0.15, 0.2) is 11.7 Å². The van der Waals surface area contributed by atoms with Crippen LogP contribution in [0.15, 0.2) is 34.6 Å². The predicted molar refractivity (Wildman–Crippen MR) is 112 cm³/mol. The maximum atomic E-state index is 12.7. The Morgan fingerprint density at radius 3 is 2.53 bits per heavy atom. The largest absolute Gasteiger partial charge is 0.434 e. The van der Waals surface area contributed by atoms with E-state index in [9.17, 15) is 13.2 Å². The van der Waals surface area contributed by atoms with E-state index in [0.29, 0.717) is 30.7 Å². The lowest BCUT2D eigenvalue weighted by molar-refractivity contribution is -0.140. The highest BCUT2D eigenvalue weighted by Gasteiger charge is 2.33. The van der Waals surface area contributed by atoms with Crippen molar-refractivity contribution in [3.63, 3.8) is 0 Å². The van der Waals surface area contributed by atoms with Crippen LogP contribution in [0.4, 0.5) is 13.2 Å². The minimum Gasteiger partial charge on any atom is -0.379 e. The first-order valence-corrected chi connectivity index (χ1v) is 10.6. The van der Waals surface area contributed by atoms with E-state index in [2.05, 4.69) is 56.7 Å². The van der Waals surface area contributed by atoms with E-state index in [1.807, 2.05) is 0 Å². The van der Waals surface area contributed by atoms with Gasteiger partial charge in [-0.2, -0.15) is 13.2 Å². The molecule has 164 valence electrons. The first-order chi connectivity index (χ1) is 14.4. The molecule has 3 rings (SSSR count). The van der Waals surface area contributed by atoms with Crippen LogP contribution in [0, 0.1) is 6.92 Å². The number of rotatable bonds is 6. The second-order valence-corrected chi connectivity index (χ2v) is 7.95. The number of aromatic nitrogens is 1. The summed E-state index contributed by atoms with van der Waals surface area (Å²) in [5, 5.41) is 7.73. The fourth-order valence-electron chi connectivity index (χ4n) is 3.23. The molecule has 0 amide bonds. The zero-order valence-electron chi connectivity index (χ0n) is 17.0. The van der Waals surface area contributed by atoms with Gasteiger partial charge in [-0.3, -0.25) is 9.89 Å². The molecule has 0 bridgehead atoms. The van der Waals surface area contributed by atoms with Gasteiger partial charge in [0.05, 0.1) is 25.8 Å². The van der Waals surface area contributed by atoms with Crippen molar-refractivity contribution >= 4 is 17.3 Å². The third-order valence-corrected chi connectivity index (χ3v) is 5.73. The molecule has 6 nitrogen and oxygen atoms in total. The average molecular weight is 442 g/mol. The van der Waals surface area contributed by atoms with Gasteiger partial charge in [0.1, 0.15) is 5.01 Å². The lowest BCUT2D eigenvalue weighted by atomic mass is 10.0. The molecule has 1 aromatic carbocycles. The molecule has 2 N–H and O–H groups in total. The molecule has 1 aliphatic heterocycles. The van der Waals surface area contributed by atoms with E-state index in [-0.39, 0.29) is 12.6 Å². The van der Waals surface area contributed by atoms with Crippen molar-refractivity contribution in [2.75, 3.05) is 39.9 Å². The summed E-state index contributed by atoms with van der Waals surface area (Å²) in [6.45, 7) is 5.90. The summed E-state index contributed by atoms with van der Waals surface area (Å²) in [7, 11) is 1.63. The molecule has 1 aromatic heterocycles. The number of alkyl halides is 3. The van der Waals surface area contributed by atoms with Crippen LogP contribution in [0.1, 0.15) is 27.9 Å². The third kappa shape index (κ3) is 6.16. The van der Waals surface area contributed by atoms with Gasteiger partial charge in [-0.1, -0.05) is 29.8 Å². The van der Waals surface area contributed by atoms with Crippen LogP contribution in [-0.2, 0) is 17.5 Å². The maximum Gasteiger partial charge on any atom is 0.434 e. The molecule has 2 aromatic rings. The van der Waals surface area contributed by atoms with Crippen LogP contribution in [-0.4, -0.2) is 55.7 Å². The van der Waals surface area contributed by atoms with Crippen LogP contribution >= 0.6 is 11.3 Å². The number of aliphatic imine (C=N–C) groups is 1. The number of morpholine rings is 1. The van der Waals surface area contributed by atoms with Crippen molar-refractivity contribution in [1.82, 2.24) is 20.5 Å². The number of benzene rings is 1.